The van der Waals surface area contributed by atoms with Crippen molar-refractivity contribution in [3.8, 4) is 5.75 Å². The van der Waals surface area contributed by atoms with Gasteiger partial charge in [-0.1, -0.05) is 66.5 Å². The van der Waals surface area contributed by atoms with Gasteiger partial charge in [0.1, 0.15) is 5.75 Å². The highest BCUT2D eigenvalue weighted by atomic mass is 32.2. The van der Waals surface area contributed by atoms with Gasteiger partial charge in [0.05, 0.1) is 6.10 Å². The molecule has 0 amide bonds. The molecule has 0 aromatic heterocycles. The maximum atomic E-state index is 10.9. The maximum Gasteiger partial charge on any atom is 0.115 e. The number of hydrogen-bond donors (Lipinski definition) is 2. The molecule has 1 aromatic rings. The Kier molecular flexibility index (Phi) is 7.89. The van der Waals surface area contributed by atoms with Crippen LogP contribution in [0.4, 0.5) is 0 Å². The number of thioether (sulfide) groups is 1. The van der Waals surface area contributed by atoms with E-state index in [0.29, 0.717) is 33.7 Å². The smallest absolute Gasteiger partial charge is 0.115 e. The van der Waals surface area contributed by atoms with Crippen LogP contribution in [0.5, 0.6) is 5.75 Å². The van der Waals surface area contributed by atoms with E-state index in [1.165, 1.54) is 62.7 Å². The summed E-state index contributed by atoms with van der Waals surface area (Å²) in [5.41, 5.74) is 4.73. The molecule has 5 rings (SSSR count). The molecule has 8 atom stereocenters. The van der Waals surface area contributed by atoms with Gasteiger partial charge >= 0.3 is 0 Å². The third-order valence-electron chi connectivity index (χ3n) is 13.3. The maximum absolute atomic E-state index is 10.9. The molecule has 2 saturated carbocycles. The number of phenolic OH excluding ortho intramolecular Hbond substituents is 1. The Labute approximate surface area is 243 Å². The Morgan fingerprint density at radius 3 is 2.21 bits per heavy atom. The summed E-state index contributed by atoms with van der Waals surface area (Å²) in [6.45, 7) is 19.9. The third kappa shape index (κ3) is 4.74. The fraction of sp³-hybridized carbons (Fsp3) is 0.778. The van der Waals surface area contributed by atoms with E-state index in [4.69, 9.17) is 0 Å². The molecule has 0 radical (unpaired) electrons. The quantitative estimate of drug-likeness (QED) is 0.261. The number of benzene rings is 1. The van der Waals surface area contributed by atoms with E-state index < -0.39 is 0 Å². The van der Waals surface area contributed by atoms with Gasteiger partial charge in [-0.2, -0.15) is 0 Å². The van der Waals surface area contributed by atoms with Gasteiger partial charge < -0.3 is 10.2 Å². The molecule has 4 aliphatic carbocycles. The highest BCUT2D eigenvalue weighted by molar-refractivity contribution is 8.00. The third-order valence-corrected chi connectivity index (χ3v) is 14.9. The van der Waals surface area contributed by atoms with Gasteiger partial charge in [0.2, 0.25) is 0 Å². The molecular weight excluding hydrogens is 496 g/mol. The first-order valence-corrected chi connectivity index (χ1v) is 17.0. The molecule has 2 N–H and O–H groups in total. The highest BCUT2D eigenvalue weighted by Gasteiger charge is 2.63. The molecule has 39 heavy (non-hydrogen) atoms. The number of aliphatic hydroxyl groups excluding tert-OH is 1. The SMILES string of the molecule is CC(C)C(CCC(C)C1CCC2(C)C3=C(CCC12C)C1(C)CCC(O)C(C)(C)C1CC3)Sc1ccc(O)cc1. The van der Waals surface area contributed by atoms with Gasteiger partial charge in [-0.15, -0.1) is 11.8 Å². The molecule has 3 heteroatoms. The zero-order valence-corrected chi connectivity index (χ0v) is 27.0. The monoisotopic (exact) mass is 552 g/mol. The average Bonchev–Trinajstić information content (AvgIpc) is 3.16. The molecule has 4 aliphatic rings. The van der Waals surface area contributed by atoms with Crippen molar-refractivity contribution in [1.82, 2.24) is 0 Å². The van der Waals surface area contributed by atoms with E-state index in [-0.39, 0.29) is 16.9 Å². The van der Waals surface area contributed by atoms with Crippen molar-refractivity contribution in [1.29, 1.82) is 0 Å². The molecule has 2 fully saturated rings. The van der Waals surface area contributed by atoms with Crippen molar-refractivity contribution in [2.75, 3.05) is 0 Å². The van der Waals surface area contributed by atoms with Gasteiger partial charge in [0, 0.05) is 10.1 Å². The minimum atomic E-state index is -0.152. The van der Waals surface area contributed by atoms with Crippen molar-refractivity contribution < 1.29 is 10.2 Å². The standard InChI is InChI=1S/C36H56O2S/c1-23(2)30(39-26-12-10-25(37)11-13-26)15-9-24(3)27-17-21-36(8)29-14-16-31-33(4,5)32(38)19-20-34(31,6)28(29)18-22-35(27,36)7/h10-13,23-24,27,30-32,37-38H,9,14-22H2,1-8H3. The lowest BCUT2D eigenvalue weighted by molar-refractivity contribution is -0.0962. The van der Waals surface area contributed by atoms with Crippen LogP contribution in [0, 0.1) is 45.3 Å². The molecule has 0 saturated heterocycles. The van der Waals surface area contributed by atoms with Crippen LogP contribution in [0.3, 0.4) is 0 Å². The van der Waals surface area contributed by atoms with Gasteiger partial charge in [-0.25, -0.2) is 0 Å². The van der Waals surface area contributed by atoms with Crippen molar-refractivity contribution >= 4 is 11.8 Å². The number of fused-ring (bicyclic) bond motifs is 4. The summed E-state index contributed by atoms with van der Waals surface area (Å²) in [5.74, 6) is 3.15. The van der Waals surface area contributed by atoms with Crippen LogP contribution in [0.2, 0.25) is 0 Å². The molecule has 2 nitrogen and oxygen atoms in total. The predicted octanol–water partition coefficient (Wildman–Crippen LogP) is 10.0. The molecule has 1 aromatic carbocycles. The predicted molar refractivity (Wildman–Crippen MR) is 166 cm³/mol. The van der Waals surface area contributed by atoms with Crippen LogP contribution in [0.15, 0.2) is 40.3 Å². The van der Waals surface area contributed by atoms with Crippen LogP contribution in [-0.4, -0.2) is 21.6 Å². The van der Waals surface area contributed by atoms with E-state index in [9.17, 15) is 10.2 Å². The highest BCUT2D eigenvalue weighted by Crippen LogP contribution is 2.72. The van der Waals surface area contributed by atoms with Crippen LogP contribution in [-0.2, 0) is 0 Å². The molecule has 0 heterocycles. The van der Waals surface area contributed by atoms with E-state index in [2.05, 4.69) is 67.5 Å². The zero-order valence-electron chi connectivity index (χ0n) is 26.1. The first-order chi connectivity index (χ1) is 18.2. The molecule has 0 aliphatic heterocycles. The lowest BCUT2D eigenvalue weighted by atomic mass is 9.43. The van der Waals surface area contributed by atoms with Crippen molar-refractivity contribution in [3.05, 3.63) is 35.4 Å². The first kappa shape index (κ1) is 29.6. The van der Waals surface area contributed by atoms with Crippen LogP contribution < -0.4 is 0 Å². The summed E-state index contributed by atoms with van der Waals surface area (Å²) in [6.07, 6.45) is 12.4. The zero-order chi connectivity index (χ0) is 28.4. The average molecular weight is 553 g/mol. The minimum absolute atomic E-state index is 0.0189. The Morgan fingerprint density at radius 1 is 0.846 bits per heavy atom. The largest absolute Gasteiger partial charge is 0.508 e. The van der Waals surface area contributed by atoms with Crippen LogP contribution in [0.1, 0.15) is 120 Å². The second-order valence-corrected chi connectivity index (χ2v) is 17.0. The molecular formula is C36H56O2S. The van der Waals surface area contributed by atoms with Gasteiger partial charge in [0.15, 0.2) is 0 Å². The summed E-state index contributed by atoms with van der Waals surface area (Å²) < 4.78 is 0. The first-order valence-electron chi connectivity index (χ1n) is 16.1. The van der Waals surface area contributed by atoms with Gasteiger partial charge in [-0.3, -0.25) is 0 Å². The summed E-state index contributed by atoms with van der Waals surface area (Å²) in [6, 6.07) is 7.77. The van der Waals surface area contributed by atoms with Crippen LogP contribution in [0.25, 0.3) is 0 Å². The van der Waals surface area contributed by atoms with Crippen LogP contribution >= 0.6 is 11.8 Å². The van der Waals surface area contributed by atoms with Crippen molar-refractivity contribution in [2.24, 2.45) is 45.3 Å². The Morgan fingerprint density at radius 2 is 1.54 bits per heavy atom. The molecule has 0 spiro atoms. The Bertz CT molecular complexity index is 1070. The lowest BCUT2D eigenvalue weighted by Crippen LogP contribution is -2.55. The number of aromatic hydroxyl groups is 1. The number of allylic oxidation sites excluding steroid dienone is 2. The topological polar surface area (TPSA) is 40.5 Å². The molecule has 218 valence electrons. The Balaban J connectivity index is 1.33. The minimum Gasteiger partial charge on any atom is -0.508 e. The fourth-order valence-corrected chi connectivity index (χ4v) is 11.7. The van der Waals surface area contributed by atoms with Gasteiger partial charge in [0.25, 0.3) is 0 Å². The van der Waals surface area contributed by atoms with Gasteiger partial charge in [-0.05, 0) is 134 Å². The lowest BCUT2D eigenvalue weighted by Gasteiger charge is -2.62. The molecule has 8 unspecified atom stereocenters. The second kappa shape index (κ2) is 10.4. The summed E-state index contributed by atoms with van der Waals surface area (Å²) in [4.78, 5) is 1.27. The Hall–Kier alpha value is -0.930. The van der Waals surface area contributed by atoms with Crippen molar-refractivity contribution in [2.45, 2.75) is 136 Å². The number of rotatable bonds is 7. The normalized spacial score (nSPS) is 39.2. The van der Waals surface area contributed by atoms with E-state index in [0.717, 1.165) is 18.3 Å². The second-order valence-electron chi connectivity index (χ2n) is 15.7. The van der Waals surface area contributed by atoms with E-state index >= 15 is 0 Å². The van der Waals surface area contributed by atoms with E-state index in [1.54, 1.807) is 0 Å². The number of phenols is 1. The van der Waals surface area contributed by atoms with Crippen molar-refractivity contribution in [3.63, 3.8) is 0 Å². The summed E-state index contributed by atoms with van der Waals surface area (Å²) in [7, 11) is 0. The molecule has 0 bridgehead atoms. The summed E-state index contributed by atoms with van der Waals surface area (Å²) in [5, 5.41) is 21.2. The number of hydrogen-bond acceptors (Lipinski definition) is 3. The number of aliphatic hydroxyl groups is 1. The fourth-order valence-electron chi connectivity index (χ4n) is 10.5. The summed E-state index contributed by atoms with van der Waals surface area (Å²) >= 11 is 2.00. The van der Waals surface area contributed by atoms with E-state index in [1.807, 2.05) is 35.0 Å².